The number of hydrogen-bond donors (Lipinski definition) is 0. The summed E-state index contributed by atoms with van der Waals surface area (Å²) in [6.07, 6.45) is 0. The molecule has 0 heterocycles. The number of hydrogen-bond acceptors (Lipinski definition) is 1. The van der Waals surface area contributed by atoms with E-state index < -0.39 is 15.2 Å². The maximum absolute atomic E-state index is 13.9. The van der Waals surface area contributed by atoms with E-state index in [4.69, 9.17) is 0 Å². The Morgan fingerprint density at radius 2 is 1.00 bits per heavy atom. The molecule has 182 valence electrons. The molecule has 0 aliphatic rings. The fourth-order valence-corrected chi connectivity index (χ4v) is 13.4. The first-order valence-electron chi connectivity index (χ1n) is 12.2. The van der Waals surface area contributed by atoms with Crippen molar-refractivity contribution in [1.82, 2.24) is 0 Å². The third-order valence-corrected chi connectivity index (χ3v) is 14.8. The van der Waals surface area contributed by atoms with Crippen LogP contribution in [0, 0.1) is 0 Å². The molecule has 5 rings (SSSR count). The molecule has 0 aliphatic heterocycles. The van der Waals surface area contributed by atoms with Crippen LogP contribution >= 0.6 is 31.1 Å². The molecule has 0 aromatic heterocycles. The van der Waals surface area contributed by atoms with Gasteiger partial charge in [0.25, 0.3) is 0 Å². The number of benzene rings is 5. The Bertz CT molecular complexity index is 1360. The molecule has 0 bridgehead atoms. The lowest BCUT2D eigenvalue weighted by molar-refractivity contribution is -0.243. The van der Waals surface area contributed by atoms with Crippen LogP contribution in [0.1, 0.15) is 5.56 Å². The highest BCUT2D eigenvalue weighted by Gasteiger charge is 2.43. The van der Waals surface area contributed by atoms with Crippen LogP contribution in [-0.2, 0) is 0 Å². The van der Waals surface area contributed by atoms with Gasteiger partial charge in [0, 0.05) is 4.47 Å². The van der Waals surface area contributed by atoms with Gasteiger partial charge in [-0.25, -0.2) is 0 Å². The Hall–Kier alpha value is -3.02. The summed E-state index contributed by atoms with van der Waals surface area (Å²) in [5.41, 5.74) is 0.711. The summed E-state index contributed by atoms with van der Waals surface area (Å²) in [5.74, 6) is 3.03. The lowest BCUT2D eigenvalue weighted by Crippen LogP contribution is -2.27. The van der Waals surface area contributed by atoms with Crippen molar-refractivity contribution in [3.05, 3.63) is 161 Å². The average Bonchev–Trinajstić information content (AvgIpc) is 2.97. The lowest BCUT2D eigenvalue weighted by Gasteiger charge is -2.31. The fraction of sp³-hybridized carbons (Fsp3) is 0.0303. The molecule has 0 saturated carbocycles. The van der Waals surface area contributed by atoms with E-state index in [-0.39, 0.29) is 5.76 Å². The van der Waals surface area contributed by atoms with Crippen LogP contribution in [-0.4, -0.2) is 5.90 Å². The zero-order valence-electron chi connectivity index (χ0n) is 20.3. The van der Waals surface area contributed by atoms with Crippen LogP contribution in [0.2, 0.25) is 0 Å². The first-order chi connectivity index (χ1) is 18.2. The van der Waals surface area contributed by atoms with Crippen LogP contribution in [0.25, 0.3) is 5.76 Å². The highest BCUT2D eigenvalue weighted by atomic mass is 79.9. The van der Waals surface area contributed by atoms with Gasteiger partial charge in [-0.05, 0) is 60.5 Å². The molecule has 0 fully saturated rings. The third kappa shape index (κ3) is 5.94. The van der Waals surface area contributed by atoms with E-state index in [2.05, 4.69) is 143 Å². The smallest absolute Gasteiger partial charge is 0.108 e. The van der Waals surface area contributed by atoms with Crippen LogP contribution in [0.3, 0.4) is 0 Å². The molecule has 0 atom stereocenters. The van der Waals surface area contributed by atoms with Crippen molar-refractivity contribution < 1.29 is 5.11 Å². The van der Waals surface area contributed by atoms with Gasteiger partial charge in [0.1, 0.15) is 17.9 Å². The van der Waals surface area contributed by atoms with Gasteiger partial charge in [-0.15, -0.1) is 0 Å². The van der Waals surface area contributed by atoms with E-state index >= 15 is 0 Å². The number of halogens is 1. The summed E-state index contributed by atoms with van der Waals surface area (Å²) in [6.45, 7) is 0. The predicted octanol–water partition coefficient (Wildman–Crippen LogP) is 6.87. The molecule has 4 heteroatoms. The highest BCUT2D eigenvalue weighted by molar-refractivity contribution is 9.10. The van der Waals surface area contributed by atoms with Crippen molar-refractivity contribution >= 4 is 58.1 Å². The SMILES string of the molecule is [O-]/C(=C\[P+](CP(c1ccccc1)c1ccccc1)(c1ccccc1)c1ccccc1)c1ccc(Br)cc1. The predicted molar refractivity (Wildman–Crippen MR) is 165 cm³/mol. The molecule has 0 amide bonds. The fourth-order valence-electron chi connectivity index (χ4n) is 4.53. The molecule has 5 aromatic rings. The second-order valence-electron chi connectivity index (χ2n) is 8.78. The van der Waals surface area contributed by atoms with Crippen LogP contribution < -0.4 is 26.3 Å². The van der Waals surface area contributed by atoms with E-state index in [1.54, 1.807) is 0 Å². The van der Waals surface area contributed by atoms with E-state index in [1.165, 1.54) is 21.2 Å². The van der Waals surface area contributed by atoms with Crippen molar-refractivity contribution in [2.45, 2.75) is 0 Å². The largest absolute Gasteiger partial charge is 0.870 e. The molecule has 0 spiro atoms. The second kappa shape index (κ2) is 12.0. The molecule has 0 unspecified atom stereocenters. The molecular formula is C33H27BrOP2. The summed E-state index contributed by atoms with van der Waals surface area (Å²) >= 11 is 3.50. The molecule has 0 saturated heterocycles. The quantitative estimate of drug-likeness (QED) is 0.145. The van der Waals surface area contributed by atoms with Crippen molar-refractivity contribution in [3.63, 3.8) is 0 Å². The molecule has 1 nitrogen and oxygen atoms in total. The van der Waals surface area contributed by atoms with Crippen LogP contribution in [0.15, 0.2) is 156 Å². The summed E-state index contributed by atoms with van der Waals surface area (Å²) < 4.78 is 0.966. The Morgan fingerprint density at radius 1 is 0.595 bits per heavy atom. The topological polar surface area (TPSA) is 23.1 Å². The Kier molecular flexibility index (Phi) is 8.32. The number of rotatable bonds is 8. The van der Waals surface area contributed by atoms with E-state index in [9.17, 15) is 5.11 Å². The van der Waals surface area contributed by atoms with Crippen molar-refractivity contribution in [2.75, 3.05) is 5.90 Å². The molecule has 37 heavy (non-hydrogen) atoms. The van der Waals surface area contributed by atoms with Gasteiger partial charge in [-0.1, -0.05) is 131 Å². The summed E-state index contributed by atoms with van der Waals surface area (Å²) in [5, 5.41) is 19.0. The minimum absolute atomic E-state index is 0.0737. The van der Waals surface area contributed by atoms with Gasteiger partial charge in [-0.2, -0.15) is 0 Å². The zero-order chi connectivity index (χ0) is 25.5. The highest BCUT2D eigenvalue weighted by Crippen LogP contribution is 2.65. The Morgan fingerprint density at radius 3 is 1.43 bits per heavy atom. The molecule has 5 aromatic carbocycles. The van der Waals surface area contributed by atoms with E-state index in [0.717, 1.165) is 10.4 Å². The minimum atomic E-state index is -2.28. The van der Waals surface area contributed by atoms with Gasteiger partial charge in [-0.3, -0.25) is 0 Å². The van der Waals surface area contributed by atoms with Gasteiger partial charge in [0.05, 0.1) is 11.7 Å². The first kappa shape index (κ1) is 25.6. The third-order valence-electron chi connectivity index (χ3n) is 6.40. The van der Waals surface area contributed by atoms with E-state index in [0.29, 0.717) is 5.56 Å². The maximum atomic E-state index is 13.9. The van der Waals surface area contributed by atoms with Gasteiger partial charge in [0.15, 0.2) is 0 Å². The van der Waals surface area contributed by atoms with Gasteiger partial charge >= 0.3 is 0 Å². The van der Waals surface area contributed by atoms with Crippen molar-refractivity contribution in [1.29, 1.82) is 0 Å². The standard InChI is InChI=1S/C33H27BrOP2/c34-28-23-21-27(22-24-28)33(35)25-37(31-17-9-3-10-18-31,32-19-11-4-12-20-32)26-36(29-13-5-1-6-14-29)30-15-7-2-8-16-30/h1-25H,26H2/b33-25-. The van der Waals surface area contributed by atoms with Crippen molar-refractivity contribution in [2.24, 2.45) is 0 Å². The van der Waals surface area contributed by atoms with Gasteiger partial charge in [0.2, 0.25) is 0 Å². The molecule has 0 aliphatic carbocycles. The second-order valence-corrected chi connectivity index (χ2v) is 15.7. The van der Waals surface area contributed by atoms with Crippen molar-refractivity contribution in [3.8, 4) is 0 Å². The molecule has 0 radical (unpaired) electrons. The lowest BCUT2D eigenvalue weighted by atomic mass is 10.2. The zero-order valence-corrected chi connectivity index (χ0v) is 23.7. The molecule has 0 N–H and O–H groups in total. The first-order valence-corrected chi connectivity index (χ1v) is 16.5. The minimum Gasteiger partial charge on any atom is -0.870 e. The summed E-state index contributed by atoms with van der Waals surface area (Å²) in [6, 6.07) is 50.6. The molecular weight excluding hydrogens is 554 g/mol. The average molecular weight is 581 g/mol. The summed E-state index contributed by atoms with van der Waals surface area (Å²) in [4.78, 5) is 0. The Labute approximate surface area is 229 Å². The van der Waals surface area contributed by atoms with E-state index in [1.807, 2.05) is 24.3 Å². The summed E-state index contributed by atoms with van der Waals surface area (Å²) in [7, 11) is -3.01. The Balaban J connectivity index is 1.76. The monoisotopic (exact) mass is 580 g/mol. The maximum Gasteiger partial charge on any atom is 0.108 e. The normalized spacial score (nSPS) is 12.0. The van der Waals surface area contributed by atoms with Crippen LogP contribution in [0.4, 0.5) is 0 Å². The van der Waals surface area contributed by atoms with Gasteiger partial charge < -0.3 is 5.11 Å². The van der Waals surface area contributed by atoms with Crippen LogP contribution in [0.5, 0.6) is 0 Å².